The van der Waals surface area contributed by atoms with E-state index in [1.807, 2.05) is 31.2 Å². The lowest BCUT2D eigenvalue weighted by Crippen LogP contribution is -2.30. The van der Waals surface area contributed by atoms with Gasteiger partial charge in [0.2, 0.25) is 0 Å². The van der Waals surface area contributed by atoms with E-state index in [-0.39, 0.29) is 6.04 Å². The van der Waals surface area contributed by atoms with Crippen LogP contribution in [0.1, 0.15) is 29.3 Å². The minimum Gasteiger partial charge on any atom is -0.497 e. The van der Waals surface area contributed by atoms with Gasteiger partial charge in [-0.25, -0.2) is 8.42 Å². The summed E-state index contributed by atoms with van der Waals surface area (Å²) in [7, 11) is -0.305. The summed E-state index contributed by atoms with van der Waals surface area (Å²) in [6.07, 6.45) is 1.60. The minimum atomic E-state index is -3.50. The number of hydrogen-bond acceptors (Lipinski definition) is 5. The van der Waals surface area contributed by atoms with E-state index in [1.165, 1.54) is 11.3 Å². The Morgan fingerprint density at radius 2 is 1.96 bits per heavy atom. The van der Waals surface area contributed by atoms with Gasteiger partial charge in [0.05, 0.1) is 20.3 Å². The largest absolute Gasteiger partial charge is 0.497 e. The average Bonchev–Trinajstić information content (AvgIpc) is 3.23. The van der Waals surface area contributed by atoms with Gasteiger partial charge in [-0.1, -0.05) is 0 Å². The zero-order chi connectivity index (χ0) is 17.3. The Balaban J connectivity index is 2.02. The minimum absolute atomic E-state index is 0.234. The number of rotatable bonds is 5. The molecule has 0 amide bonds. The Morgan fingerprint density at radius 3 is 2.58 bits per heavy atom. The topological polar surface area (TPSA) is 55.8 Å². The number of ether oxygens (including phenoxy) is 2. The van der Waals surface area contributed by atoms with Gasteiger partial charge in [0.1, 0.15) is 15.7 Å². The highest BCUT2D eigenvalue weighted by atomic mass is 32.2. The van der Waals surface area contributed by atoms with Crippen LogP contribution in [0, 0.1) is 6.92 Å². The molecule has 1 aliphatic heterocycles. The maximum absolute atomic E-state index is 13.0. The van der Waals surface area contributed by atoms with Crippen molar-refractivity contribution >= 4 is 21.4 Å². The van der Waals surface area contributed by atoms with E-state index in [2.05, 4.69) is 0 Å². The summed E-state index contributed by atoms with van der Waals surface area (Å²) in [5, 5.41) is 0. The Bertz CT molecular complexity index is 829. The highest BCUT2D eigenvalue weighted by Gasteiger charge is 2.38. The monoisotopic (exact) mass is 367 g/mol. The van der Waals surface area contributed by atoms with Crippen LogP contribution in [0.2, 0.25) is 0 Å². The molecule has 130 valence electrons. The molecule has 0 radical (unpaired) electrons. The maximum atomic E-state index is 13.0. The first-order chi connectivity index (χ1) is 11.5. The van der Waals surface area contributed by atoms with E-state index >= 15 is 0 Å². The first-order valence-corrected chi connectivity index (χ1v) is 10.0. The molecule has 1 aromatic heterocycles. The molecular formula is C17H21NO4S2. The number of nitrogens with zero attached hydrogens (tertiary/aromatic N) is 1. The summed E-state index contributed by atoms with van der Waals surface area (Å²) >= 11 is 1.31. The fourth-order valence-corrected chi connectivity index (χ4v) is 6.19. The lowest BCUT2D eigenvalue weighted by atomic mass is 10.0. The predicted octanol–water partition coefficient (Wildman–Crippen LogP) is 3.60. The molecule has 0 bridgehead atoms. The van der Waals surface area contributed by atoms with E-state index in [1.54, 1.807) is 24.6 Å². The summed E-state index contributed by atoms with van der Waals surface area (Å²) in [4.78, 5) is 0.989. The molecule has 1 aromatic carbocycles. The smallest absolute Gasteiger partial charge is 0.253 e. The van der Waals surface area contributed by atoms with E-state index < -0.39 is 10.0 Å². The molecule has 2 heterocycles. The van der Waals surface area contributed by atoms with Gasteiger partial charge in [-0.05, 0) is 50.1 Å². The van der Waals surface area contributed by atoms with Crippen molar-refractivity contribution in [2.24, 2.45) is 0 Å². The lowest BCUT2D eigenvalue weighted by Gasteiger charge is -2.25. The van der Waals surface area contributed by atoms with Gasteiger partial charge in [-0.2, -0.15) is 4.31 Å². The zero-order valence-electron chi connectivity index (χ0n) is 14.0. The fourth-order valence-electron chi connectivity index (χ4n) is 3.10. The second kappa shape index (κ2) is 6.74. The zero-order valence-corrected chi connectivity index (χ0v) is 15.6. The number of methoxy groups -OCH3 is 2. The summed E-state index contributed by atoms with van der Waals surface area (Å²) in [6, 6.07) is 8.81. The second-order valence-electron chi connectivity index (χ2n) is 5.75. The van der Waals surface area contributed by atoms with Crippen molar-refractivity contribution in [3.63, 3.8) is 0 Å². The van der Waals surface area contributed by atoms with Gasteiger partial charge < -0.3 is 9.47 Å². The molecule has 0 saturated carbocycles. The van der Waals surface area contributed by atoms with Crippen molar-refractivity contribution in [2.45, 2.75) is 30.0 Å². The second-order valence-corrected chi connectivity index (χ2v) is 9.15. The number of sulfonamides is 1. The molecule has 0 aliphatic carbocycles. The first-order valence-electron chi connectivity index (χ1n) is 7.77. The van der Waals surface area contributed by atoms with Gasteiger partial charge in [0.25, 0.3) is 10.0 Å². The van der Waals surface area contributed by atoms with Crippen LogP contribution in [0.25, 0.3) is 0 Å². The molecule has 0 N–H and O–H groups in total. The lowest BCUT2D eigenvalue weighted by molar-refractivity contribution is 0.362. The molecule has 1 saturated heterocycles. The molecule has 0 spiro atoms. The number of thiophene rings is 1. The number of hydrogen-bond donors (Lipinski definition) is 0. The molecule has 5 nitrogen and oxygen atoms in total. The molecule has 1 fully saturated rings. The highest BCUT2D eigenvalue weighted by Crippen LogP contribution is 2.42. The summed E-state index contributed by atoms with van der Waals surface area (Å²) in [6.45, 7) is 2.43. The van der Waals surface area contributed by atoms with Crippen molar-refractivity contribution in [1.82, 2.24) is 4.31 Å². The molecule has 24 heavy (non-hydrogen) atoms. The molecule has 1 aliphatic rings. The standard InChI is InChI=1S/C17H21NO4S2/c1-12-6-9-17(23-12)24(19,20)18-10-4-5-15(18)14-11-13(21-2)7-8-16(14)22-3/h6-9,11,15H,4-5,10H2,1-3H3/t15-/m1/s1. The molecule has 0 unspecified atom stereocenters. The van der Waals surface area contributed by atoms with Crippen LogP contribution in [0.5, 0.6) is 11.5 Å². The molecular weight excluding hydrogens is 346 g/mol. The van der Waals surface area contributed by atoms with Crippen LogP contribution in [0.15, 0.2) is 34.5 Å². The van der Waals surface area contributed by atoms with Gasteiger partial charge in [-0.3, -0.25) is 0 Å². The van der Waals surface area contributed by atoms with Crippen LogP contribution in [0.3, 0.4) is 0 Å². The molecule has 2 aromatic rings. The number of benzene rings is 1. The van der Waals surface area contributed by atoms with Gasteiger partial charge in [-0.15, -0.1) is 11.3 Å². The third kappa shape index (κ3) is 3.03. The van der Waals surface area contributed by atoms with E-state index in [9.17, 15) is 8.42 Å². The van der Waals surface area contributed by atoms with E-state index in [4.69, 9.17) is 9.47 Å². The Morgan fingerprint density at radius 1 is 1.17 bits per heavy atom. The van der Waals surface area contributed by atoms with Gasteiger partial charge in [0, 0.05) is 17.0 Å². The van der Waals surface area contributed by atoms with Crippen LogP contribution < -0.4 is 9.47 Å². The Labute approximate surface area is 146 Å². The van der Waals surface area contributed by atoms with E-state index in [0.717, 1.165) is 23.3 Å². The van der Waals surface area contributed by atoms with Crippen LogP contribution >= 0.6 is 11.3 Å². The average molecular weight is 367 g/mol. The quantitative estimate of drug-likeness (QED) is 0.810. The third-order valence-corrected chi connectivity index (χ3v) is 7.65. The molecule has 1 atom stereocenters. The van der Waals surface area contributed by atoms with Crippen LogP contribution in [-0.2, 0) is 10.0 Å². The van der Waals surface area contributed by atoms with E-state index in [0.29, 0.717) is 22.3 Å². The summed E-state index contributed by atoms with van der Waals surface area (Å²) < 4.78 is 38.8. The first kappa shape index (κ1) is 17.3. The molecule has 7 heteroatoms. The van der Waals surface area contributed by atoms with Gasteiger partial charge >= 0.3 is 0 Å². The van der Waals surface area contributed by atoms with Crippen molar-refractivity contribution < 1.29 is 17.9 Å². The highest BCUT2D eigenvalue weighted by molar-refractivity contribution is 7.91. The van der Waals surface area contributed by atoms with Crippen molar-refractivity contribution in [3.8, 4) is 11.5 Å². The SMILES string of the molecule is COc1ccc(OC)c([C@H]2CCCN2S(=O)(=O)c2ccc(C)s2)c1. The van der Waals surface area contributed by atoms with Crippen LogP contribution in [0.4, 0.5) is 0 Å². The van der Waals surface area contributed by atoms with Gasteiger partial charge in [0.15, 0.2) is 0 Å². The maximum Gasteiger partial charge on any atom is 0.253 e. The third-order valence-electron chi connectivity index (χ3n) is 4.28. The molecule has 3 rings (SSSR count). The summed E-state index contributed by atoms with van der Waals surface area (Å²) in [5.41, 5.74) is 0.853. The van der Waals surface area contributed by atoms with Crippen LogP contribution in [-0.4, -0.2) is 33.5 Å². The Hall–Kier alpha value is -1.57. The Kier molecular flexibility index (Phi) is 4.85. The normalized spacial score (nSPS) is 18.7. The summed E-state index contributed by atoms with van der Waals surface area (Å²) in [5.74, 6) is 1.38. The van der Waals surface area contributed by atoms with Crippen molar-refractivity contribution in [1.29, 1.82) is 0 Å². The number of aryl methyl sites for hydroxylation is 1. The van der Waals surface area contributed by atoms with Crippen molar-refractivity contribution in [3.05, 3.63) is 40.8 Å². The fraction of sp³-hybridized carbons (Fsp3) is 0.412. The predicted molar refractivity (Wildman–Crippen MR) is 94.5 cm³/mol. The van der Waals surface area contributed by atoms with Crippen molar-refractivity contribution in [2.75, 3.05) is 20.8 Å².